The zero-order chi connectivity index (χ0) is 22.2. The van der Waals surface area contributed by atoms with Crippen molar-refractivity contribution in [3.05, 3.63) is 42.4 Å². The van der Waals surface area contributed by atoms with Gasteiger partial charge in [0.15, 0.2) is 0 Å². The monoisotopic (exact) mass is 430 g/mol. The number of aromatic nitrogens is 3. The summed E-state index contributed by atoms with van der Waals surface area (Å²) in [5, 5.41) is 17.5. The van der Waals surface area contributed by atoms with Gasteiger partial charge in [0.2, 0.25) is 5.91 Å². The van der Waals surface area contributed by atoms with E-state index in [1.165, 1.54) is 0 Å². The second kappa shape index (κ2) is 8.15. The molecule has 2 aliphatic rings. The van der Waals surface area contributed by atoms with Crippen molar-refractivity contribution in [2.45, 2.75) is 32.7 Å². The third kappa shape index (κ3) is 3.54. The van der Waals surface area contributed by atoms with Gasteiger partial charge in [-0.25, -0.2) is 9.50 Å². The number of likely N-dealkylation sites (tertiary alicyclic amines) is 1. The third-order valence-electron chi connectivity index (χ3n) is 6.69. The lowest BCUT2D eigenvalue weighted by molar-refractivity contribution is -0.131. The second-order valence-electron chi connectivity index (χ2n) is 8.61. The molecule has 2 bridgehead atoms. The van der Waals surface area contributed by atoms with Crippen molar-refractivity contribution in [2.24, 2.45) is 11.8 Å². The summed E-state index contributed by atoms with van der Waals surface area (Å²) in [6, 6.07) is 8.50. The van der Waals surface area contributed by atoms with Crippen LogP contribution < -0.4 is 10.1 Å². The molecule has 2 unspecified atom stereocenters. The summed E-state index contributed by atoms with van der Waals surface area (Å²) in [6.07, 6.45) is 7.47. The summed E-state index contributed by atoms with van der Waals surface area (Å²) in [5.74, 6) is 2.62. The van der Waals surface area contributed by atoms with Crippen LogP contribution in [-0.4, -0.2) is 51.1 Å². The molecular weight excluding hydrogens is 404 g/mol. The SMILES string of the molecule is CCOc1cc(-c2ccc(NC3C4CCC3CN(C(C)=O)C4)nc2)c2c(C#N)cnn2c1. The number of rotatable bonds is 5. The van der Waals surface area contributed by atoms with Gasteiger partial charge in [-0.2, -0.15) is 10.4 Å². The Hall–Kier alpha value is -3.60. The van der Waals surface area contributed by atoms with E-state index in [9.17, 15) is 10.1 Å². The van der Waals surface area contributed by atoms with E-state index in [-0.39, 0.29) is 5.91 Å². The van der Waals surface area contributed by atoms with Gasteiger partial charge in [0.1, 0.15) is 17.6 Å². The van der Waals surface area contributed by atoms with Crippen LogP contribution in [-0.2, 0) is 4.79 Å². The van der Waals surface area contributed by atoms with Crippen LogP contribution >= 0.6 is 0 Å². The molecule has 32 heavy (non-hydrogen) atoms. The highest BCUT2D eigenvalue weighted by molar-refractivity contribution is 5.85. The molecule has 1 saturated heterocycles. The summed E-state index contributed by atoms with van der Waals surface area (Å²) in [5.41, 5.74) is 3.01. The molecule has 2 fully saturated rings. The highest BCUT2D eigenvalue weighted by atomic mass is 16.5. The van der Waals surface area contributed by atoms with E-state index in [1.54, 1.807) is 23.8 Å². The maximum absolute atomic E-state index is 11.8. The zero-order valence-corrected chi connectivity index (χ0v) is 18.3. The van der Waals surface area contributed by atoms with Crippen LogP contribution in [0.1, 0.15) is 32.3 Å². The van der Waals surface area contributed by atoms with Crippen LogP contribution in [0.5, 0.6) is 5.75 Å². The molecule has 3 aromatic heterocycles. The van der Waals surface area contributed by atoms with Gasteiger partial charge in [-0.1, -0.05) is 0 Å². The van der Waals surface area contributed by atoms with Crippen molar-refractivity contribution >= 4 is 17.2 Å². The standard InChI is InChI=1S/C24H26N6O2/c1-3-32-20-8-21(24-19(9-25)11-27-30(24)14-20)16-6-7-22(26-10-16)28-23-17-4-5-18(23)13-29(12-17)15(2)31/h6-8,10-11,14,17-18,23H,3-5,12-13H2,1-2H3,(H,26,28). The number of anilines is 1. The number of hydrogen-bond acceptors (Lipinski definition) is 6. The van der Waals surface area contributed by atoms with Gasteiger partial charge in [0.25, 0.3) is 0 Å². The van der Waals surface area contributed by atoms with Crippen molar-refractivity contribution in [3.8, 4) is 22.9 Å². The molecule has 3 aromatic rings. The molecule has 1 aliphatic carbocycles. The Labute approximate surface area is 186 Å². The number of nitrogens with zero attached hydrogens (tertiary/aromatic N) is 5. The number of pyridine rings is 2. The Balaban J connectivity index is 1.41. The van der Waals surface area contributed by atoms with Gasteiger partial charge < -0.3 is 15.0 Å². The predicted octanol–water partition coefficient (Wildman–Crippen LogP) is 3.34. The van der Waals surface area contributed by atoms with E-state index >= 15 is 0 Å². The van der Waals surface area contributed by atoms with Crippen molar-refractivity contribution in [3.63, 3.8) is 0 Å². The Morgan fingerprint density at radius 1 is 1.28 bits per heavy atom. The van der Waals surface area contributed by atoms with E-state index in [1.807, 2.05) is 36.2 Å². The van der Waals surface area contributed by atoms with Gasteiger partial charge in [-0.15, -0.1) is 0 Å². The summed E-state index contributed by atoms with van der Waals surface area (Å²) < 4.78 is 7.38. The fraction of sp³-hybridized carbons (Fsp3) is 0.417. The minimum absolute atomic E-state index is 0.167. The number of piperidine rings is 1. The molecular formula is C24H26N6O2. The lowest BCUT2D eigenvalue weighted by Crippen LogP contribution is -2.49. The number of carbonyl (C=O) groups excluding carboxylic acids is 1. The van der Waals surface area contributed by atoms with Crippen molar-refractivity contribution in [1.29, 1.82) is 5.26 Å². The van der Waals surface area contributed by atoms with Gasteiger partial charge in [-0.05, 0) is 49.8 Å². The molecule has 4 heterocycles. The van der Waals surface area contributed by atoms with Gasteiger partial charge >= 0.3 is 0 Å². The minimum Gasteiger partial charge on any atom is -0.492 e. The molecule has 5 rings (SSSR count). The minimum atomic E-state index is 0.167. The summed E-state index contributed by atoms with van der Waals surface area (Å²) in [4.78, 5) is 18.5. The lowest BCUT2D eigenvalue weighted by atomic mass is 9.92. The van der Waals surface area contributed by atoms with Crippen LogP contribution in [0.4, 0.5) is 5.82 Å². The largest absolute Gasteiger partial charge is 0.492 e. The number of fused-ring (bicyclic) bond motifs is 3. The first-order valence-corrected chi connectivity index (χ1v) is 11.1. The first-order valence-electron chi connectivity index (χ1n) is 11.1. The molecule has 1 N–H and O–H groups in total. The molecule has 8 heteroatoms. The second-order valence-corrected chi connectivity index (χ2v) is 8.61. The molecule has 1 aliphatic heterocycles. The highest BCUT2D eigenvalue weighted by Gasteiger charge is 2.42. The summed E-state index contributed by atoms with van der Waals surface area (Å²) >= 11 is 0. The van der Waals surface area contributed by atoms with Crippen LogP contribution in [0, 0.1) is 23.2 Å². The number of nitriles is 1. The first kappa shape index (κ1) is 20.3. The predicted molar refractivity (Wildman–Crippen MR) is 120 cm³/mol. The van der Waals surface area contributed by atoms with Gasteiger partial charge in [0, 0.05) is 43.4 Å². The molecule has 0 aromatic carbocycles. The average Bonchev–Trinajstić information content (AvgIpc) is 3.30. The first-order chi connectivity index (χ1) is 15.6. The molecule has 1 amide bonds. The van der Waals surface area contributed by atoms with Crippen LogP contribution in [0.25, 0.3) is 16.6 Å². The molecule has 8 nitrogen and oxygen atoms in total. The fourth-order valence-corrected chi connectivity index (χ4v) is 5.17. The van der Waals surface area contributed by atoms with Crippen molar-refractivity contribution in [2.75, 3.05) is 25.0 Å². The number of ether oxygens (including phenoxy) is 1. The maximum Gasteiger partial charge on any atom is 0.219 e. The quantitative estimate of drug-likeness (QED) is 0.667. The molecule has 0 spiro atoms. The Morgan fingerprint density at radius 2 is 2.06 bits per heavy atom. The fourth-order valence-electron chi connectivity index (χ4n) is 5.17. The third-order valence-corrected chi connectivity index (χ3v) is 6.69. The highest BCUT2D eigenvalue weighted by Crippen LogP contribution is 2.39. The Kier molecular flexibility index (Phi) is 5.17. The van der Waals surface area contributed by atoms with E-state index in [0.29, 0.717) is 35.8 Å². The molecule has 1 saturated carbocycles. The van der Waals surface area contributed by atoms with E-state index in [0.717, 1.165) is 48.4 Å². The van der Waals surface area contributed by atoms with Crippen LogP contribution in [0.2, 0.25) is 0 Å². The average molecular weight is 431 g/mol. The molecule has 2 atom stereocenters. The number of amides is 1. The maximum atomic E-state index is 11.8. The van der Waals surface area contributed by atoms with Gasteiger partial charge in [0.05, 0.1) is 30.1 Å². The topological polar surface area (TPSA) is 95.5 Å². The van der Waals surface area contributed by atoms with E-state index in [4.69, 9.17) is 4.74 Å². The van der Waals surface area contributed by atoms with E-state index < -0.39 is 0 Å². The summed E-state index contributed by atoms with van der Waals surface area (Å²) in [6.45, 7) is 5.78. The van der Waals surface area contributed by atoms with Crippen molar-refractivity contribution < 1.29 is 9.53 Å². The Morgan fingerprint density at radius 3 is 2.69 bits per heavy atom. The smallest absolute Gasteiger partial charge is 0.219 e. The summed E-state index contributed by atoms with van der Waals surface area (Å²) in [7, 11) is 0. The zero-order valence-electron chi connectivity index (χ0n) is 18.3. The van der Waals surface area contributed by atoms with Crippen LogP contribution in [0.15, 0.2) is 36.8 Å². The Bertz CT molecular complexity index is 1180. The van der Waals surface area contributed by atoms with Crippen molar-refractivity contribution in [1.82, 2.24) is 19.5 Å². The number of nitrogens with one attached hydrogen (secondary N) is 1. The molecule has 164 valence electrons. The molecule has 0 radical (unpaired) electrons. The lowest BCUT2D eigenvalue weighted by Gasteiger charge is -2.38. The number of carbonyl (C=O) groups is 1. The number of hydrogen-bond donors (Lipinski definition) is 1. The van der Waals surface area contributed by atoms with Gasteiger partial charge in [-0.3, -0.25) is 4.79 Å². The normalized spacial score (nSPS) is 22.0. The van der Waals surface area contributed by atoms with Crippen LogP contribution in [0.3, 0.4) is 0 Å². The van der Waals surface area contributed by atoms with E-state index in [2.05, 4.69) is 21.5 Å².